The van der Waals surface area contributed by atoms with Gasteiger partial charge in [0, 0.05) is 12.6 Å². The van der Waals surface area contributed by atoms with Crippen LogP contribution in [-0.2, 0) is 22.6 Å². The molecule has 0 aliphatic carbocycles. The molecule has 0 unspecified atom stereocenters. The van der Waals surface area contributed by atoms with E-state index in [1.165, 1.54) is 5.56 Å². The molecule has 0 aliphatic heterocycles. The van der Waals surface area contributed by atoms with Crippen LogP contribution in [0.25, 0.3) is 0 Å². The highest BCUT2D eigenvalue weighted by Crippen LogP contribution is 2.26. The van der Waals surface area contributed by atoms with Crippen molar-refractivity contribution in [1.29, 1.82) is 0 Å². The summed E-state index contributed by atoms with van der Waals surface area (Å²) in [6.45, 7) is 10.3. The maximum atomic E-state index is 13.3. The molecule has 0 heterocycles. The van der Waals surface area contributed by atoms with Crippen molar-refractivity contribution in [2.24, 2.45) is 0 Å². The van der Waals surface area contributed by atoms with Crippen molar-refractivity contribution < 1.29 is 14.3 Å². The van der Waals surface area contributed by atoms with Crippen LogP contribution in [0.4, 0.5) is 0 Å². The predicted molar refractivity (Wildman–Crippen MR) is 133 cm³/mol. The lowest BCUT2D eigenvalue weighted by molar-refractivity contribution is -0.143. The van der Waals surface area contributed by atoms with Gasteiger partial charge in [-0.3, -0.25) is 9.59 Å². The van der Waals surface area contributed by atoms with Crippen LogP contribution in [0.5, 0.6) is 5.75 Å². The second-order valence-electron chi connectivity index (χ2n) is 8.10. The summed E-state index contributed by atoms with van der Waals surface area (Å²) in [7, 11) is 0. The molecule has 5 nitrogen and oxygen atoms in total. The smallest absolute Gasteiger partial charge is 0.261 e. The van der Waals surface area contributed by atoms with Gasteiger partial charge in [-0.1, -0.05) is 51.1 Å². The van der Waals surface area contributed by atoms with Gasteiger partial charge < -0.3 is 15.0 Å². The van der Waals surface area contributed by atoms with Crippen molar-refractivity contribution in [3.63, 3.8) is 0 Å². The van der Waals surface area contributed by atoms with Crippen LogP contribution in [0.2, 0.25) is 0 Å². The monoisotopic (exact) mass is 502 g/mol. The summed E-state index contributed by atoms with van der Waals surface area (Å²) in [5.41, 5.74) is 3.29. The van der Waals surface area contributed by atoms with Crippen molar-refractivity contribution in [3.8, 4) is 5.75 Å². The fourth-order valence-corrected chi connectivity index (χ4v) is 3.98. The van der Waals surface area contributed by atoms with Gasteiger partial charge in [0.1, 0.15) is 11.8 Å². The molecule has 0 saturated heterocycles. The summed E-state index contributed by atoms with van der Waals surface area (Å²) < 4.78 is 6.67. The minimum atomic E-state index is -0.564. The Kier molecular flexibility index (Phi) is 10.2. The third-order valence-corrected chi connectivity index (χ3v) is 6.36. The summed E-state index contributed by atoms with van der Waals surface area (Å²) in [6, 6.07) is 13.3. The number of carbonyl (C=O) groups is 2. The van der Waals surface area contributed by atoms with E-state index in [9.17, 15) is 9.59 Å². The Morgan fingerprint density at radius 2 is 1.81 bits per heavy atom. The molecule has 2 aromatic rings. The lowest BCUT2D eigenvalue weighted by atomic mass is 10.1. The van der Waals surface area contributed by atoms with E-state index in [2.05, 4.69) is 28.2 Å². The maximum Gasteiger partial charge on any atom is 0.261 e. The van der Waals surface area contributed by atoms with Gasteiger partial charge in [0.2, 0.25) is 5.91 Å². The lowest BCUT2D eigenvalue weighted by Gasteiger charge is -2.31. The van der Waals surface area contributed by atoms with E-state index in [1.807, 2.05) is 70.2 Å². The molecule has 0 aliphatic rings. The largest absolute Gasteiger partial charge is 0.483 e. The zero-order valence-corrected chi connectivity index (χ0v) is 21.4. The van der Waals surface area contributed by atoms with Gasteiger partial charge in [-0.15, -0.1) is 0 Å². The molecule has 32 heavy (non-hydrogen) atoms. The number of carbonyl (C=O) groups excluding carboxylic acids is 2. The molecular weight excluding hydrogens is 468 g/mol. The van der Waals surface area contributed by atoms with E-state index < -0.39 is 6.04 Å². The Bertz CT molecular complexity index is 916. The molecule has 174 valence electrons. The molecule has 0 spiro atoms. The van der Waals surface area contributed by atoms with Crippen LogP contribution < -0.4 is 10.1 Å². The van der Waals surface area contributed by atoms with Crippen LogP contribution >= 0.6 is 15.9 Å². The number of nitrogens with zero attached hydrogens (tertiary/aromatic N) is 1. The van der Waals surface area contributed by atoms with Gasteiger partial charge in [0.25, 0.3) is 5.91 Å². The predicted octanol–water partition coefficient (Wildman–Crippen LogP) is 5.42. The average molecular weight is 503 g/mol. The second kappa shape index (κ2) is 12.6. The fraction of sp³-hybridized carbons (Fsp3) is 0.462. The van der Waals surface area contributed by atoms with E-state index in [-0.39, 0.29) is 24.5 Å². The highest BCUT2D eigenvalue weighted by molar-refractivity contribution is 9.10. The van der Waals surface area contributed by atoms with Crippen LogP contribution in [-0.4, -0.2) is 35.4 Å². The molecule has 0 radical (unpaired) electrons. The Morgan fingerprint density at radius 3 is 2.41 bits per heavy atom. The number of benzene rings is 2. The molecule has 2 atom stereocenters. The molecule has 0 saturated carbocycles. The highest BCUT2D eigenvalue weighted by atomic mass is 79.9. The van der Waals surface area contributed by atoms with Crippen LogP contribution in [0.15, 0.2) is 46.9 Å². The van der Waals surface area contributed by atoms with Crippen molar-refractivity contribution >= 4 is 27.7 Å². The molecule has 2 rings (SSSR count). The fourth-order valence-electron chi connectivity index (χ4n) is 3.44. The first-order chi connectivity index (χ1) is 15.3. The standard InChI is InChI=1S/C26H35BrN2O3/c1-6-19(5)28-26(31)23(8-3)29(16-21-12-10-9-11-18(21)4)25(30)17-32-24-14-13-20(7-2)15-22(24)27/h9-15,19,23H,6-8,16-17H2,1-5H3,(H,28,31)/t19-,23-/m0/s1. The van der Waals surface area contributed by atoms with Gasteiger partial charge in [-0.25, -0.2) is 0 Å². The van der Waals surface area contributed by atoms with Gasteiger partial charge in [0.15, 0.2) is 6.61 Å². The summed E-state index contributed by atoms with van der Waals surface area (Å²) in [4.78, 5) is 28.0. The van der Waals surface area contributed by atoms with Crippen LogP contribution in [0.3, 0.4) is 0 Å². The minimum Gasteiger partial charge on any atom is -0.483 e. The number of ether oxygens (including phenoxy) is 1. The van der Waals surface area contributed by atoms with Gasteiger partial charge in [0.05, 0.1) is 4.47 Å². The SMILES string of the molecule is CCc1ccc(OCC(=O)N(Cc2ccccc2C)[C@@H](CC)C(=O)N[C@@H](C)CC)c(Br)c1. The van der Waals surface area contributed by atoms with E-state index in [0.29, 0.717) is 18.7 Å². The first-order valence-electron chi connectivity index (χ1n) is 11.4. The second-order valence-corrected chi connectivity index (χ2v) is 8.95. The summed E-state index contributed by atoms with van der Waals surface area (Å²) >= 11 is 3.53. The third kappa shape index (κ3) is 7.09. The number of aryl methyl sites for hydroxylation is 2. The lowest BCUT2D eigenvalue weighted by Crippen LogP contribution is -2.51. The van der Waals surface area contributed by atoms with Gasteiger partial charge in [-0.05, 0) is 77.9 Å². The molecule has 2 aromatic carbocycles. The zero-order valence-electron chi connectivity index (χ0n) is 19.8. The molecule has 2 amide bonds. The number of rotatable bonds is 11. The Labute approximate surface area is 200 Å². The molecule has 0 bridgehead atoms. The molecular formula is C26H35BrN2O3. The van der Waals surface area contributed by atoms with E-state index in [0.717, 1.165) is 28.4 Å². The summed E-state index contributed by atoms with van der Waals surface area (Å²) in [5.74, 6) is 0.270. The Morgan fingerprint density at radius 1 is 1.09 bits per heavy atom. The number of nitrogens with one attached hydrogen (secondary N) is 1. The maximum absolute atomic E-state index is 13.3. The van der Waals surface area contributed by atoms with E-state index >= 15 is 0 Å². The summed E-state index contributed by atoms with van der Waals surface area (Å²) in [5, 5.41) is 3.03. The molecule has 6 heteroatoms. The summed E-state index contributed by atoms with van der Waals surface area (Å²) in [6.07, 6.45) is 2.28. The number of halogens is 1. The number of hydrogen-bond acceptors (Lipinski definition) is 3. The normalized spacial score (nSPS) is 12.7. The average Bonchev–Trinajstić information content (AvgIpc) is 2.78. The first-order valence-corrected chi connectivity index (χ1v) is 12.1. The van der Waals surface area contributed by atoms with E-state index in [1.54, 1.807) is 4.90 Å². The first kappa shape index (κ1) is 25.9. The van der Waals surface area contributed by atoms with Crippen molar-refractivity contribution in [3.05, 3.63) is 63.6 Å². The molecule has 0 aromatic heterocycles. The molecule has 0 fully saturated rings. The van der Waals surface area contributed by atoms with Crippen molar-refractivity contribution in [2.75, 3.05) is 6.61 Å². The Hall–Kier alpha value is -2.34. The highest BCUT2D eigenvalue weighted by Gasteiger charge is 2.29. The zero-order chi connectivity index (χ0) is 23.7. The Balaban J connectivity index is 2.24. The minimum absolute atomic E-state index is 0.0521. The number of amides is 2. The van der Waals surface area contributed by atoms with Gasteiger partial charge >= 0.3 is 0 Å². The van der Waals surface area contributed by atoms with Crippen LogP contribution in [0.1, 0.15) is 57.2 Å². The molecule has 1 N–H and O–H groups in total. The van der Waals surface area contributed by atoms with Crippen molar-refractivity contribution in [1.82, 2.24) is 10.2 Å². The van der Waals surface area contributed by atoms with Crippen molar-refractivity contribution in [2.45, 2.75) is 72.5 Å². The quantitative estimate of drug-likeness (QED) is 0.446. The van der Waals surface area contributed by atoms with Gasteiger partial charge in [-0.2, -0.15) is 0 Å². The third-order valence-electron chi connectivity index (χ3n) is 5.74. The van der Waals surface area contributed by atoms with Crippen LogP contribution in [0, 0.1) is 6.92 Å². The number of hydrogen-bond donors (Lipinski definition) is 1. The van der Waals surface area contributed by atoms with E-state index in [4.69, 9.17) is 4.74 Å². The topological polar surface area (TPSA) is 58.6 Å².